The lowest BCUT2D eigenvalue weighted by Gasteiger charge is -2.32. The summed E-state index contributed by atoms with van der Waals surface area (Å²) >= 11 is 0. The van der Waals surface area contributed by atoms with Crippen LogP contribution in [0.5, 0.6) is 0 Å². The molecule has 1 atom stereocenters. The fourth-order valence-corrected chi connectivity index (χ4v) is 2.98. The Morgan fingerprint density at radius 3 is 2.71 bits per heavy atom. The molecule has 1 heterocycles. The number of hydrogen-bond donors (Lipinski definition) is 1. The van der Waals surface area contributed by atoms with E-state index in [4.69, 9.17) is 4.74 Å². The van der Waals surface area contributed by atoms with Gasteiger partial charge in [0.25, 0.3) is 0 Å². The molecular formula is C20H24N2O2. The summed E-state index contributed by atoms with van der Waals surface area (Å²) in [6, 6.07) is 18.3. The van der Waals surface area contributed by atoms with Crippen molar-refractivity contribution in [3.8, 4) is 0 Å². The minimum absolute atomic E-state index is 0.0455. The molecule has 0 radical (unpaired) electrons. The second-order valence-electron chi connectivity index (χ2n) is 6.21. The monoisotopic (exact) mass is 324 g/mol. The first-order chi connectivity index (χ1) is 11.7. The van der Waals surface area contributed by atoms with Gasteiger partial charge in [-0.2, -0.15) is 0 Å². The van der Waals surface area contributed by atoms with Crippen molar-refractivity contribution >= 4 is 5.91 Å². The van der Waals surface area contributed by atoms with E-state index in [2.05, 4.69) is 41.4 Å². The molecule has 0 aliphatic carbocycles. The van der Waals surface area contributed by atoms with Crippen LogP contribution in [0.15, 0.2) is 54.6 Å². The van der Waals surface area contributed by atoms with Gasteiger partial charge in [0.15, 0.2) is 0 Å². The first-order valence-corrected chi connectivity index (χ1v) is 8.42. The van der Waals surface area contributed by atoms with Gasteiger partial charge in [-0.15, -0.1) is 0 Å². The molecule has 1 N–H and O–H groups in total. The second kappa shape index (κ2) is 8.08. The number of nitrogens with one attached hydrogen (secondary N) is 1. The molecule has 0 bridgehead atoms. The van der Waals surface area contributed by atoms with Crippen LogP contribution in [0.4, 0.5) is 0 Å². The Morgan fingerprint density at radius 2 is 1.92 bits per heavy atom. The molecular weight excluding hydrogens is 300 g/mol. The summed E-state index contributed by atoms with van der Waals surface area (Å²) < 4.78 is 5.85. The Morgan fingerprint density at radius 1 is 1.17 bits per heavy atom. The molecule has 1 aliphatic heterocycles. The van der Waals surface area contributed by atoms with Gasteiger partial charge in [-0.1, -0.05) is 54.6 Å². The lowest BCUT2D eigenvalue weighted by atomic mass is 10.1. The van der Waals surface area contributed by atoms with E-state index in [0.29, 0.717) is 19.7 Å². The predicted octanol–water partition coefficient (Wildman–Crippen LogP) is 2.68. The highest BCUT2D eigenvalue weighted by Gasteiger charge is 2.23. The topological polar surface area (TPSA) is 41.6 Å². The van der Waals surface area contributed by atoms with Crippen molar-refractivity contribution in [3.05, 3.63) is 71.3 Å². The van der Waals surface area contributed by atoms with Crippen molar-refractivity contribution in [2.45, 2.75) is 19.6 Å². The Balaban J connectivity index is 1.50. The molecule has 1 fully saturated rings. The Labute approximate surface area is 143 Å². The first-order valence-electron chi connectivity index (χ1n) is 8.42. The van der Waals surface area contributed by atoms with Crippen LogP contribution in [0, 0.1) is 6.92 Å². The van der Waals surface area contributed by atoms with Gasteiger partial charge in [0.05, 0.1) is 19.3 Å². The highest BCUT2D eigenvalue weighted by atomic mass is 16.5. The van der Waals surface area contributed by atoms with Crippen LogP contribution >= 0.6 is 0 Å². The average Bonchev–Trinajstić information content (AvgIpc) is 2.62. The van der Waals surface area contributed by atoms with Crippen LogP contribution in [0.3, 0.4) is 0 Å². The van der Waals surface area contributed by atoms with Crippen LogP contribution in [0.25, 0.3) is 0 Å². The van der Waals surface area contributed by atoms with Gasteiger partial charge in [0, 0.05) is 19.6 Å². The maximum atomic E-state index is 12.2. The van der Waals surface area contributed by atoms with Gasteiger partial charge >= 0.3 is 0 Å². The van der Waals surface area contributed by atoms with Gasteiger partial charge in [0.1, 0.15) is 0 Å². The number of carbonyl (C=O) groups is 1. The minimum Gasteiger partial charge on any atom is -0.371 e. The molecule has 1 saturated heterocycles. The van der Waals surface area contributed by atoms with E-state index in [9.17, 15) is 4.79 Å². The van der Waals surface area contributed by atoms with E-state index in [1.54, 1.807) is 0 Å². The van der Waals surface area contributed by atoms with Crippen LogP contribution in [0.2, 0.25) is 0 Å². The van der Waals surface area contributed by atoms with Crippen LogP contribution in [0.1, 0.15) is 22.8 Å². The zero-order valence-corrected chi connectivity index (χ0v) is 14.1. The van der Waals surface area contributed by atoms with E-state index in [0.717, 1.165) is 18.7 Å². The molecule has 126 valence electrons. The van der Waals surface area contributed by atoms with Crippen molar-refractivity contribution in [1.29, 1.82) is 0 Å². The molecule has 4 heteroatoms. The number of morpholine rings is 1. The molecule has 0 spiro atoms. The summed E-state index contributed by atoms with van der Waals surface area (Å²) in [6.45, 7) is 5.26. The molecule has 3 rings (SSSR count). The van der Waals surface area contributed by atoms with Crippen molar-refractivity contribution in [2.75, 3.05) is 26.2 Å². The summed E-state index contributed by atoms with van der Waals surface area (Å²) in [5.41, 5.74) is 3.53. The molecule has 1 unspecified atom stereocenters. The van der Waals surface area contributed by atoms with Gasteiger partial charge in [0.2, 0.25) is 5.91 Å². The van der Waals surface area contributed by atoms with E-state index < -0.39 is 0 Å². The number of rotatable bonds is 5. The van der Waals surface area contributed by atoms with E-state index in [1.165, 1.54) is 11.1 Å². The first kappa shape index (κ1) is 16.7. The smallest absolute Gasteiger partial charge is 0.234 e. The second-order valence-corrected chi connectivity index (χ2v) is 6.21. The Kier molecular flexibility index (Phi) is 5.62. The molecule has 1 amide bonds. The summed E-state index contributed by atoms with van der Waals surface area (Å²) in [6.07, 6.45) is 0.0455. The summed E-state index contributed by atoms with van der Waals surface area (Å²) in [5.74, 6) is 0.0620. The van der Waals surface area contributed by atoms with E-state index >= 15 is 0 Å². The number of hydrogen-bond acceptors (Lipinski definition) is 3. The normalized spacial score (nSPS) is 18.3. The highest BCUT2D eigenvalue weighted by molar-refractivity contribution is 5.78. The standard InChI is InChI=1S/C20H24N2O2/c1-16-7-5-6-10-18(16)13-21-20(23)15-22-11-12-24-19(14-22)17-8-3-2-4-9-17/h2-10,19H,11-15H2,1H3,(H,21,23). The summed E-state index contributed by atoms with van der Waals surface area (Å²) in [4.78, 5) is 14.4. The largest absolute Gasteiger partial charge is 0.371 e. The third-order valence-corrected chi connectivity index (χ3v) is 4.43. The number of benzene rings is 2. The maximum Gasteiger partial charge on any atom is 0.234 e. The van der Waals surface area contributed by atoms with Crippen molar-refractivity contribution in [1.82, 2.24) is 10.2 Å². The Hall–Kier alpha value is -2.17. The van der Waals surface area contributed by atoms with Crippen molar-refractivity contribution in [2.24, 2.45) is 0 Å². The lowest BCUT2D eigenvalue weighted by Crippen LogP contribution is -2.44. The molecule has 0 saturated carbocycles. The van der Waals surface area contributed by atoms with Gasteiger partial charge < -0.3 is 10.1 Å². The zero-order valence-electron chi connectivity index (χ0n) is 14.1. The van der Waals surface area contributed by atoms with Gasteiger partial charge in [-0.05, 0) is 23.6 Å². The third kappa shape index (κ3) is 4.43. The van der Waals surface area contributed by atoms with Crippen LogP contribution in [-0.2, 0) is 16.1 Å². The van der Waals surface area contributed by atoms with E-state index in [1.807, 2.05) is 30.3 Å². The predicted molar refractivity (Wildman–Crippen MR) is 94.6 cm³/mol. The number of aryl methyl sites for hydroxylation is 1. The summed E-state index contributed by atoms with van der Waals surface area (Å²) in [7, 11) is 0. The maximum absolute atomic E-state index is 12.2. The SMILES string of the molecule is Cc1ccccc1CNC(=O)CN1CCOC(c2ccccc2)C1. The van der Waals surface area contributed by atoms with Gasteiger partial charge in [-0.3, -0.25) is 9.69 Å². The van der Waals surface area contributed by atoms with E-state index in [-0.39, 0.29) is 12.0 Å². The fraction of sp³-hybridized carbons (Fsp3) is 0.350. The lowest BCUT2D eigenvalue weighted by molar-refractivity contribution is -0.124. The number of ether oxygens (including phenoxy) is 1. The zero-order chi connectivity index (χ0) is 16.8. The van der Waals surface area contributed by atoms with Crippen LogP contribution in [-0.4, -0.2) is 37.0 Å². The summed E-state index contributed by atoms with van der Waals surface area (Å²) in [5, 5.41) is 3.02. The molecule has 0 aromatic heterocycles. The van der Waals surface area contributed by atoms with Crippen molar-refractivity contribution in [3.63, 3.8) is 0 Å². The number of amides is 1. The fourth-order valence-electron chi connectivity index (χ4n) is 2.98. The quantitative estimate of drug-likeness (QED) is 0.919. The Bertz CT molecular complexity index is 672. The molecule has 1 aliphatic rings. The van der Waals surface area contributed by atoms with Gasteiger partial charge in [-0.25, -0.2) is 0 Å². The molecule has 24 heavy (non-hydrogen) atoms. The van der Waals surface area contributed by atoms with Crippen LogP contribution < -0.4 is 5.32 Å². The van der Waals surface area contributed by atoms with Crippen molar-refractivity contribution < 1.29 is 9.53 Å². The third-order valence-electron chi connectivity index (χ3n) is 4.43. The number of nitrogens with zero attached hydrogens (tertiary/aromatic N) is 1. The average molecular weight is 324 g/mol. The molecule has 2 aromatic rings. The highest BCUT2D eigenvalue weighted by Crippen LogP contribution is 2.21. The molecule has 4 nitrogen and oxygen atoms in total. The molecule has 2 aromatic carbocycles. The number of carbonyl (C=O) groups excluding carboxylic acids is 1. The minimum atomic E-state index is 0.0455.